The maximum absolute atomic E-state index is 11.6. The number of aliphatic carboxylic acids is 1. The molecule has 1 N–H and O–H groups in total. The van der Waals surface area contributed by atoms with Gasteiger partial charge in [0.05, 0.1) is 4.75 Å². The third-order valence-electron chi connectivity index (χ3n) is 4.41. The van der Waals surface area contributed by atoms with Crippen LogP contribution in [0.25, 0.3) is 0 Å². The highest BCUT2D eigenvalue weighted by Crippen LogP contribution is 2.48. The first kappa shape index (κ1) is 19.7. The third-order valence-corrected chi connectivity index (χ3v) is 5.97. The van der Waals surface area contributed by atoms with Crippen LogP contribution in [0.5, 0.6) is 0 Å². The first-order valence-electron chi connectivity index (χ1n) is 8.82. The van der Waals surface area contributed by atoms with Crippen molar-refractivity contribution in [2.24, 2.45) is 5.16 Å². The van der Waals surface area contributed by atoms with Gasteiger partial charge in [-0.2, -0.15) is 0 Å². The van der Waals surface area contributed by atoms with E-state index in [1.165, 1.54) is 18.9 Å². The molecule has 4 nitrogen and oxygen atoms in total. The minimum atomic E-state index is -1.09. The molecule has 0 aliphatic rings. The number of thioether (sulfide) groups is 1. The SMILES string of the molecule is CON=C(CSC(c1ccccc1)(c1ccccc1)c1ccccc1)C(=O)O. The van der Waals surface area contributed by atoms with Gasteiger partial charge in [-0.1, -0.05) is 96.2 Å². The Labute approximate surface area is 168 Å². The summed E-state index contributed by atoms with van der Waals surface area (Å²) in [6, 6.07) is 30.3. The molecule has 0 radical (unpaired) electrons. The molecule has 0 heterocycles. The second-order valence-electron chi connectivity index (χ2n) is 6.09. The van der Waals surface area contributed by atoms with Crippen LogP contribution in [0.15, 0.2) is 96.2 Å². The first-order valence-corrected chi connectivity index (χ1v) is 9.81. The summed E-state index contributed by atoms with van der Waals surface area (Å²) in [5, 5.41) is 13.2. The molecule has 0 bridgehead atoms. The fraction of sp³-hybridized carbons (Fsp3) is 0.130. The van der Waals surface area contributed by atoms with E-state index in [0.29, 0.717) is 0 Å². The van der Waals surface area contributed by atoms with Crippen LogP contribution < -0.4 is 0 Å². The van der Waals surface area contributed by atoms with Crippen molar-refractivity contribution < 1.29 is 14.7 Å². The van der Waals surface area contributed by atoms with Gasteiger partial charge in [-0.05, 0) is 16.7 Å². The molecular formula is C23H21NO3S. The molecule has 0 unspecified atom stereocenters. The molecule has 0 spiro atoms. The summed E-state index contributed by atoms with van der Waals surface area (Å²) in [6.07, 6.45) is 0. The highest BCUT2D eigenvalue weighted by atomic mass is 32.2. The van der Waals surface area contributed by atoms with Crippen LogP contribution in [0.4, 0.5) is 0 Å². The number of carboxylic acid groups (broad SMARTS) is 1. The van der Waals surface area contributed by atoms with Crippen molar-refractivity contribution in [2.75, 3.05) is 12.9 Å². The predicted octanol–water partition coefficient (Wildman–Crippen LogP) is 4.80. The summed E-state index contributed by atoms with van der Waals surface area (Å²) >= 11 is 1.51. The molecule has 0 saturated heterocycles. The zero-order chi connectivity index (χ0) is 19.8. The van der Waals surface area contributed by atoms with Gasteiger partial charge in [0.1, 0.15) is 7.11 Å². The second-order valence-corrected chi connectivity index (χ2v) is 7.28. The highest BCUT2D eigenvalue weighted by molar-refractivity contribution is 8.01. The zero-order valence-corrected chi connectivity index (χ0v) is 16.3. The minimum absolute atomic E-state index is 0.0281. The maximum Gasteiger partial charge on any atom is 0.354 e. The molecule has 0 saturated carbocycles. The Kier molecular flexibility index (Phi) is 6.50. The van der Waals surface area contributed by atoms with Crippen LogP contribution in [-0.2, 0) is 14.4 Å². The fourth-order valence-electron chi connectivity index (χ4n) is 3.18. The Hall–Kier alpha value is -3.05. The van der Waals surface area contributed by atoms with Gasteiger partial charge in [0.15, 0.2) is 5.71 Å². The van der Waals surface area contributed by atoms with Gasteiger partial charge in [0.2, 0.25) is 0 Å². The largest absolute Gasteiger partial charge is 0.477 e. The molecule has 5 heteroatoms. The van der Waals surface area contributed by atoms with E-state index in [1.54, 1.807) is 0 Å². The minimum Gasteiger partial charge on any atom is -0.477 e. The van der Waals surface area contributed by atoms with Crippen molar-refractivity contribution >= 4 is 23.4 Å². The molecule has 0 aliphatic heterocycles. The first-order chi connectivity index (χ1) is 13.7. The van der Waals surface area contributed by atoms with E-state index in [1.807, 2.05) is 54.6 Å². The molecule has 28 heavy (non-hydrogen) atoms. The smallest absolute Gasteiger partial charge is 0.354 e. The number of carboxylic acids is 1. The molecular weight excluding hydrogens is 370 g/mol. The predicted molar refractivity (Wildman–Crippen MR) is 114 cm³/mol. The van der Waals surface area contributed by atoms with Crippen molar-refractivity contribution in [3.63, 3.8) is 0 Å². The van der Waals surface area contributed by atoms with Crippen LogP contribution in [0, 0.1) is 0 Å². The van der Waals surface area contributed by atoms with Crippen molar-refractivity contribution in [1.82, 2.24) is 0 Å². The molecule has 0 amide bonds. The van der Waals surface area contributed by atoms with E-state index in [4.69, 9.17) is 4.84 Å². The van der Waals surface area contributed by atoms with E-state index in [9.17, 15) is 9.90 Å². The number of hydrogen-bond acceptors (Lipinski definition) is 4. The number of carbonyl (C=O) groups is 1. The van der Waals surface area contributed by atoms with E-state index in [-0.39, 0.29) is 11.5 Å². The van der Waals surface area contributed by atoms with Gasteiger partial charge in [-0.25, -0.2) is 4.79 Å². The Bertz CT molecular complexity index is 831. The van der Waals surface area contributed by atoms with E-state index in [2.05, 4.69) is 41.6 Å². The number of benzene rings is 3. The summed E-state index contributed by atoms with van der Waals surface area (Å²) in [5.74, 6) is -0.903. The average Bonchev–Trinajstić information content (AvgIpc) is 2.75. The quantitative estimate of drug-likeness (QED) is 0.340. The van der Waals surface area contributed by atoms with Gasteiger partial charge in [0.25, 0.3) is 0 Å². The standard InChI is InChI=1S/C23H21NO3S/c1-27-24-21(22(25)26)17-28-23(18-11-5-2-6-12-18,19-13-7-3-8-14-19)20-15-9-4-10-16-20/h2-16H,17H2,1H3,(H,25,26). The molecule has 3 aromatic rings. The number of hydrogen-bond donors (Lipinski definition) is 1. The van der Waals surface area contributed by atoms with Crippen LogP contribution >= 0.6 is 11.8 Å². The molecule has 3 rings (SSSR count). The molecule has 0 fully saturated rings. The average molecular weight is 391 g/mol. The summed E-state index contributed by atoms with van der Waals surface area (Å²) in [7, 11) is 1.35. The number of oxime groups is 1. The lowest BCUT2D eigenvalue weighted by Crippen LogP contribution is -2.28. The van der Waals surface area contributed by atoms with Gasteiger partial charge >= 0.3 is 5.97 Å². The molecule has 142 valence electrons. The van der Waals surface area contributed by atoms with Crippen LogP contribution in [0.3, 0.4) is 0 Å². The van der Waals surface area contributed by atoms with Crippen molar-refractivity contribution in [1.29, 1.82) is 0 Å². The summed E-state index contributed by atoms with van der Waals surface area (Å²) < 4.78 is -0.590. The zero-order valence-electron chi connectivity index (χ0n) is 15.5. The van der Waals surface area contributed by atoms with E-state index >= 15 is 0 Å². The van der Waals surface area contributed by atoms with Crippen molar-refractivity contribution in [3.05, 3.63) is 108 Å². The second kappa shape index (κ2) is 9.24. The lowest BCUT2D eigenvalue weighted by atomic mass is 9.84. The number of rotatable bonds is 8. The molecule has 3 aromatic carbocycles. The fourth-order valence-corrected chi connectivity index (χ4v) is 4.62. The van der Waals surface area contributed by atoms with Gasteiger partial charge < -0.3 is 9.94 Å². The lowest BCUT2D eigenvalue weighted by Gasteiger charge is -2.35. The monoisotopic (exact) mass is 391 g/mol. The van der Waals surface area contributed by atoms with Crippen molar-refractivity contribution in [3.8, 4) is 0 Å². The Morgan fingerprint density at radius 1 is 0.857 bits per heavy atom. The van der Waals surface area contributed by atoms with Gasteiger partial charge in [-0.3, -0.25) is 0 Å². The summed E-state index contributed by atoms with van der Waals surface area (Å²) in [5.41, 5.74) is 3.18. The summed E-state index contributed by atoms with van der Waals surface area (Å²) in [6.45, 7) is 0. The van der Waals surface area contributed by atoms with Gasteiger partial charge in [-0.15, -0.1) is 11.8 Å². The van der Waals surface area contributed by atoms with E-state index in [0.717, 1.165) is 16.7 Å². The topological polar surface area (TPSA) is 58.9 Å². The molecule has 0 aromatic heterocycles. The Balaban J connectivity index is 2.19. The van der Waals surface area contributed by atoms with Crippen LogP contribution in [0.1, 0.15) is 16.7 Å². The van der Waals surface area contributed by atoms with Crippen molar-refractivity contribution in [2.45, 2.75) is 4.75 Å². The Morgan fingerprint density at radius 3 is 1.57 bits per heavy atom. The third kappa shape index (κ3) is 4.10. The summed E-state index contributed by atoms with van der Waals surface area (Å²) in [4.78, 5) is 16.3. The molecule has 0 aliphatic carbocycles. The normalized spacial score (nSPS) is 11.8. The Morgan fingerprint density at radius 2 is 1.25 bits per heavy atom. The lowest BCUT2D eigenvalue weighted by molar-refractivity contribution is -0.129. The molecule has 0 atom stereocenters. The maximum atomic E-state index is 11.6. The van der Waals surface area contributed by atoms with Crippen LogP contribution in [0.2, 0.25) is 0 Å². The number of nitrogens with zero attached hydrogens (tertiary/aromatic N) is 1. The van der Waals surface area contributed by atoms with Crippen LogP contribution in [-0.4, -0.2) is 29.7 Å². The highest BCUT2D eigenvalue weighted by Gasteiger charge is 2.37. The van der Waals surface area contributed by atoms with Gasteiger partial charge in [0, 0.05) is 5.75 Å². The van der Waals surface area contributed by atoms with E-state index < -0.39 is 10.7 Å².